The van der Waals surface area contributed by atoms with Crippen molar-refractivity contribution in [2.75, 3.05) is 32.1 Å². The van der Waals surface area contributed by atoms with Crippen LogP contribution < -0.4 is 5.32 Å². The van der Waals surface area contributed by atoms with Crippen molar-refractivity contribution in [1.82, 2.24) is 4.90 Å². The lowest BCUT2D eigenvalue weighted by Gasteiger charge is -2.16. The van der Waals surface area contributed by atoms with Crippen LogP contribution in [0.5, 0.6) is 0 Å². The maximum atomic E-state index is 12.7. The maximum absolute atomic E-state index is 12.7. The van der Waals surface area contributed by atoms with Crippen molar-refractivity contribution in [3.63, 3.8) is 0 Å². The number of ether oxygens (including phenoxy) is 1. The molecule has 7 nitrogen and oxygen atoms in total. The van der Waals surface area contributed by atoms with Gasteiger partial charge in [0.2, 0.25) is 0 Å². The summed E-state index contributed by atoms with van der Waals surface area (Å²) in [5.41, 5.74) is 4.59. The number of halogens is 1. The average molecular weight is 432 g/mol. The summed E-state index contributed by atoms with van der Waals surface area (Å²) in [5.74, 6) is 1.99. The Labute approximate surface area is 175 Å². The smallest absolute Gasteiger partial charge is 0.337 e. The highest BCUT2D eigenvalue weighted by Gasteiger charge is 2.34. The summed E-state index contributed by atoms with van der Waals surface area (Å²) >= 11 is 6.18. The number of anilines is 1. The number of hydrogen-bond donors (Lipinski definition) is 2. The number of aliphatic hydroxyl groups excluding tert-OH is 1. The van der Waals surface area contributed by atoms with Gasteiger partial charge in [-0.1, -0.05) is 37.2 Å². The third-order valence-electron chi connectivity index (χ3n) is 4.01. The predicted octanol–water partition coefficient (Wildman–Crippen LogP) is 2.11. The van der Waals surface area contributed by atoms with E-state index < -0.39 is 20.0 Å². The number of hydrogen-bond acceptors (Lipinski definition) is 6. The van der Waals surface area contributed by atoms with Crippen LogP contribution in [0, 0.1) is 22.8 Å². The van der Waals surface area contributed by atoms with E-state index in [1.165, 1.54) is 18.1 Å². The number of carbonyl (C=O) groups is 2. The topological polar surface area (TPSA) is 103 Å². The zero-order valence-electron chi connectivity index (χ0n) is 16.7. The van der Waals surface area contributed by atoms with Crippen molar-refractivity contribution in [2.24, 2.45) is 0 Å². The Kier molecular flexibility index (Phi) is 7.10. The van der Waals surface area contributed by atoms with Crippen LogP contribution in [-0.2, 0) is 14.3 Å². The van der Waals surface area contributed by atoms with Gasteiger partial charge in [-0.2, -0.15) is 5.26 Å². The molecule has 0 bridgehead atoms. The van der Waals surface area contributed by atoms with Gasteiger partial charge < -0.3 is 20.1 Å². The highest BCUT2D eigenvalue weighted by molar-refractivity contribution is 6.83. The lowest BCUT2D eigenvalue weighted by molar-refractivity contribution is -0.136. The van der Waals surface area contributed by atoms with Gasteiger partial charge in [-0.15, -0.1) is 5.54 Å². The molecule has 0 aromatic heterocycles. The van der Waals surface area contributed by atoms with Crippen LogP contribution in [0.3, 0.4) is 0 Å². The minimum Gasteiger partial charge on any atom is -0.466 e. The predicted molar refractivity (Wildman–Crippen MR) is 113 cm³/mol. The van der Waals surface area contributed by atoms with Crippen molar-refractivity contribution in [2.45, 2.75) is 19.6 Å². The summed E-state index contributed by atoms with van der Waals surface area (Å²) in [6.07, 6.45) is 0. The highest BCUT2D eigenvalue weighted by atomic mass is 35.5. The van der Waals surface area contributed by atoms with E-state index in [-0.39, 0.29) is 41.6 Å². The van der Waals surface area contributed by atoms with E-state index in [0.29, 0.717) is 11.3 Å². The molecule has 0 radical (unpaired) electrons. The SMILES string of the molecule is COC(=O)C1=C(Nc2cc(Cl)c(C#N)cc2C#C[Si](C)(C)C)C(=O)N(CCO)C1. The molecule has 0 fully saturated rings. The maximum Gasteiger partial charge on any atom is 0.337 e. The lowest BCUT2D eigenvalue weighted by atomic mass is 10.1. The Morgan fingerprint density at radius 3 is 2.62 bits per heavy atom. The number of methoxy groups -OCH3 is 1. The molecule has 1 aliphatic heterocycles. The molecule has 1 amide bonds. The van der Waals surface area contributed by atoms with Gasteiger partial charge >= 0.3 is 5.97 Å². The second-order valence-electron chi connectivity index (χ2n) is 7.41. The Morgan fingerprint density at radius 1 is 1.38 bits per heavy atom. The zero-order chi connectivity index (χ0) is 21.8. The number of aliphatic hydroxyl groups is 1. The molecule has 1 aromatic rings. The summed E-state index contributed by atoms with van der Waals surface area (Å²) in [6.45, 7) is 6.12. The molecule has 0 saturated heterocycles. The minimum absolute atomic E-state index is 0.0222. The normalized spacial score (nSPS) is 13.7. The van der Waals surface area contributed by atoms with Crippen LogP contribution in [0.4, 0.5) is 5.69 Å². The zero-order valence-corrected chi connectivity index (χ0v) is 18.5. The van der Waals surface area contributed by atoms with Crippen molar-refractivity contribution in [1.29, 1.82) is 5.26 Å². The quantitative estimate of drug-likeness (QED) is 0.420. The van der Waals surface area contributed by atoms with Gasteiger partial charge in [0.15, 0.2) is 0 Å². The summed E-state index contributed by atoms with van der Waals surface area (Å²) < 4.78 is 4.79. The van der Waals surface area contributed by atoms with E-state index in [0.717, 1.165) is 0 Å². The van der Waals surface area contributed by atoms with Crippen molar-refractivity contribution in [3.8, 4) is 17.5 Å². The number of esters is 1. The summed E-state index contributed by atoms with van der Waals surface area (Å²) in [4.78, 5) is 26.2. The Hall–Kier alpha value is -2.78. The van der Waals surface area contributed by atoms with Crippen LogP contribution in [-0.4, -0.2) is 56.8 Å². The first kappa shape index (κ1) is 22.5. The first-order valence-corrected chi connectivity index (χ1v) is 12.7. The first-order valence-electron chi connectivity index (χ1n) is 8.86. The summed E-state index contributed by atoms with van der Waals surface area (Å²) in [7, 11) is -0.483. The van der Waals surface area contributed by atoms with Crippen LogP contribution in [0.2, 0.25) is 24.7 Å². The Morgan fingerprint density at radius 2 is 2.07 bits per heavy atom. The van der Waals surface area contributed by atoms with E-state index >= 15 is 0 Å². The van der Waals surface area contributed by atoms with Gasteiger partial charge in [0, 0.05) is 12.1 Å². The van der Waals surface area contributed by atoms with Gasteiger partial charge in [0.25, 0.3) is 5.91 Å². The molecule has 29 heavy (non-hydrogen) atoms. The summed E-state index contributed by atoms with van der Waals surface area (Å²) in [5, 5.41) is 21.6. The number of amides is 1. The molecule has 2 rings (SSSR count). The first-order chi connectivity index (χ1) is 13.6. The molecule has 0 saturated carbocycles. The fourth-order valence-electron chi connectivity index (χ4n) is 2.60. The Bertz CT molecular complexity index is 980. The van der Waals surface area contributed by atoms with E-state index in [4.69, 9.17) is 16.3 Å². The van der Waals surface area contributed by atoms with Crippen molar-refractivity contribution < 1.29 is 19.4 Å². The van der Waals surface area contributed by atoms with Crippen LogP contribution in [0.1, 0.15) is 11.1 Å². The van der Waals surface area contributed by atoms with Crippen molar-refractivity contribution in [3.05, 3.63) is 39.6 Å². The monoisotopic (exact) mass is 431 g/mol. The molecule has 0 aliphatic carbocycles. The fourth-order valence-corrected chi connectivity index (χ4v) is 3.32. The third kappa shape index (κ3) is 5.39. The number of β-amino-alcohol motifs (C(OH)–C–C–N with tert-alkyl or cyclic N) is 1. The number of nitriles is 1. The second kappa shape index (κ2) is 9.14. The molecule has 2 N–H and O–H groups in total. The third-order valence-corrected chi connectivity index (χ3v) is 5.20. The molecule has 1 aromatic carbocycles. The molecule has 1 heterocycles. The highest BCUT2D eigenvalue weighted by Crippen LogP contribution is 2.29. The molecular formula is C20H22ClN3O4Si. The standard InChI is InChI=1S/C20H22ClN3O4Si/c1-28-20(27)15-12-24(6-7-25)19(26)18(15)23-17-10-16(21)14(11-22)9-13(17)5-8-29(2,3)4/h9-10,23,25H,6-7,12H2,1-4H3. The van der Waals surface area contributed by atoms with Crippen molar-refractivity contribution >= 4 is 37.2 Å². The van der Waals surface area contributed by atoms with Gasteiger partial charge in [-0.05, 0) is 12.1 Å². The van der Waals surface area contributed by atoms with E-state index in [1.807, 2.05) is 6.07 Å². The van der Waals surface area contributed by atoms with Gasteiger partial charge in [0.05, 0.1) is 42.1 Å². The van der Waals surface area contributed by atoms with Gasteiger partial charge in [0.1, 0.15) is 19.8 Å². The van der Waals surface area contributed by atoms with Crippen LogP contribution >= 0.6 is 11.6 Å². The largest absolute Gasteiger partial charge is 0.466 e. The second-order valence-corrected chi connectivity index (χ2v) is 12.6. The van der Waals surface area contributed by atoms with E-state index in [2.05, 4.69) is 36.4 Å². The van der Waals surface area contributed by atoms with Crippen LogP contribution in [0.25, 0.3) is 0 Å². The van der Waals surface area contributed by atoms with Gasteiger partial charge in [-0.3, -0.25) is 4.79 Å². The number of nitrogens with zero attached hydrogens (tertiary/aromatic N) is 2. The fraction of sp³-hybridized carbons (Fsp3) is 0.350. The number of carbonyl (C=O) groups excluding carboxylic acids is 2. The number of benzene rings is 1. The molecule has 152 valence electrons. The lowest BCUT2D eigenvalue weighted by Crippen LogP contribution is -2.31. The molecular weight excluding hydrogens is 410 g/mol. The van der Waals surface area contributed by atoms with Crippen LogP contribution in [0.15, 0.2) is 23.4 Å². The minimum atomic E-state index is -1.71. The Balaban J connectivity index is 2.56. The molecule has 0 atom stereocenters. The molecule has 0 spiro atoms. The van der Waals surface area contributed by atoms with E-state index in [1.54, 1.807) is 6.07 Å². The molecule has 1 aliphatic rings. The number of nitrogens with one attached hydrogen (secondary N) is 1. The van der Waals surface area contributed by atoms with E-state index in [9.17, 15) is 20.0 Å². The summed E-state index contributed by atoms with van der Waals surface area (Å²) in [6, 6.07) is 5.09. The number of rotatable bonds is 5. The molecule has 0 unspecified atom stereocenters. The van der Waals surface area contributed by atoms with Gasteiger partial charge in [-0.25, -0.2) is 4.79 Å². The molecule has 9 heteroatoms. The average Bonchev–Trinajstić information content (AvgIpc) is 2.96.